The minimum Gasteiger partial charge on any atom is -0.478 e. The van der Waals surface area contributed by atoms with Crippen LogP contribution in [0.5, 0.6) is 5.88 Å². The molecule has 1 aromatic heterocycles. The van der Waals surface area contributed by atoms with E-state index in [1.165, 1.54) is 5.56 Å². The lowest BCUT2D eigenvalue weighted by Crippen LogP contribution is -2.18. The van der Waals surface area contributed by atoms with Crippen LogP contribution in [0.1, 0.15) is 31.0 Å². The summed E-state index contributed by atoms with van der Waals surface area (Å²) in [4.78, 5) is 5.01. The lowest BCUT2D eigenvalue weighted by molar-refractivity contribution is 0.326. The monoisotopic (exact) mass is 318 g/mol. The minimum atomic E-state index is -0.930. The molecule has 5 heteroatoms. The highest BCUT2D eigenvalue weighted by molar-refractivity contribution is 7.84. The first-order valence-corrected chi connectivity index (χ1v) is 8.90. The van der Waals surface area contributed by atoms with Crippen LogP contribution in [-0.4, -0.2) is 22.1 Å². The largest absolute Gasteiger partial charge is 0.478 e. The van der Waals surface area contributed by atoms with Gasteiger partial charge in [-0.25, -0.2) is 4.98 Å². The average Bonchev–Trinajstić information content (AvgIpc) is 2.53. The summed E-state index contributed by atoms with van der Waals surface area (Å²) in [7, 11) is -0.930. The number of pyridine rings is 1. The normalized spacial score (nSPS) is 13.6. The van der Waals surface area contributed by atoms with Crippen LogP contribution in [0.2, 0.25) is 0 Å². The van der Waals surface area contributed by atoms with Crippen molar-refractivity contribution in [3.63, 3.8) is 0 Å². The fraction of sp³-hybridized carbons (Fsp3) is 0.353. The summed E-state index contributed by atoms with van der Waals surface area (Å²) in [6, 6.07) is 12.0. The zero-order chi connectivity index (χ0) is 15.9. The van der Waals surface area contributed by atoms with Crippen molar-refractivity contribution in [2.45, 2.75) is 31.3 Å². The Morgan fingerprint density at radius 3 is 2.64 bits per heavy atom. The van der Waals surface area contributed by atoms with Gasteiger partial charge in [0.25, 0.3) is 0 Å². The second-order valence-electron chi connectivity index (χ2n) is 5.06. The number of benzene rings is 1. The molecule has 22 heavy (non-hydrogen) atoms. The van der Waals surface area contributed by atoms with E-state index in [-0.39, 0.29) is 6.04 Å². The Morgan fingerprint density at radius 2 is 2.00 bits per heavy atom. The fourth-order valence-electron chi connectivity index (χ4n) is 2.12. The first-order chi connectivity index (χ1) is 10.6. The summed E-state index contributed by atoms with van der Waals surface area (Å²) < 4.78 is 16.8. The molecule has 0 radical (unpaired) electrons. The molecule has 1 N–H and O–H groups in total. The molecule has 0 aliphatic carbocycles. The van der Waals surface area contributed by atoms with Crippen LogP contribution in [0.25, 0.3) is 0 Å². The highest BCUT2D eigenvalue weighted by Crippen LogP contribution is 2.16. The van der Waals surface area contributed by atoms with E-state index in [4.69, 9.17) is 4.74 Å². The zero-order valence-electron chi connectivity index (χ0n) is 13.2. The van der Waals surface area contributed by atoms with Gasteiger partial charge >= 0.3 is 0 Å². The quantitative estimate of drug-likeness (QED) is 0.852. The van der Waals surface area contributed by atoms with Crippen molar-refractivity contribution >= 4 is 10.8 Å². The van der Waals surface area contributed by atoms with Gasteiger partial charge in [0.2, 0.25) is 5.88 Å². The Labute approximate surface area is 134 Å². The lowest BCUT2D eigenvalue weighted by atomic mass is 10.1. The first kappa shape index (κ1) is 16.6. The Kier molecular flexibility index (Phi) is 6.10. The molecule has 0 amide bonds. The third kappa shape index (κ3) is 4.64. The Bertz CT molecular complexity index is 629. The summed E-state index contributed by atoms with van der Waals surface area (Å²) in [5, 5.41) is 3.47. The number of aromatic nitrogens is 1. The molecule has 2 atom stereocenters. The average molecular weight is 318 g/mol. The van der Waals surface area contributed by atoms with E-state index in [0.717, 1.165) is 17.0 Å². The van der Waals surface area contributed by atoms with Gasteiger partial charge in [0.05, 0.1) is 6.61 Å². The molecular weight excluding hydrogens is 296 g/mol. The van der Waals surface area contributed by atoms with E-state index in [0.29, 0.717) is 12.5 Å². The predicted octanol–water partition coefficient (Wildman–Crippen LogP) is 3.07. The third-order valence-corrected chi connectivity index (χ3v) is 4.35. The van der Waals surface area contributed by atoms with E-state index in [2.05, 4.69) is 17.2 Å². The molecule has 118 valence electrons. The number of hydrogen-bond donors (Lipinski definition) is 1. The smallest absolute Gasteiger partial charge is 0.213 e. The zero-order valence-corrected chi connectivity index (χ0v) is 14.0. The molecular formula is C17H22N2O2S. The summed E-state index contributed by atoms with van der Waals surface area (Å²) in [5.41, 5.74) is 2.31. The second kappa shape index (κ2) is 8.06. The van der Waals surface area contributed by atoms with Crippen LogP contribution in [-0.2, 0) is 17.3 Å². The molecule has 0 fully saturated rings. The van der Waals surface area contributed by atoms with Crippen molar-refractivity contribution in [2.75, 3.05) is 12.9 Å². The Balaban J connectivity index is 1.95. The van der Waals surface area contributed by atoms with Crippen molar-refractivity contribution in [3.05, 3.63) is 53.7 Å². The van der Waals surface area contributed by atoms with Gasteiger partial charge in [-0.15, -0.1) is 0 Å². The van der Waals surface area contributed by atoms with Gasteiger partial charge in [0, 0.05) is 46.8 Å². The summed E-state index contributed by atoms with van der Waals surface area (Å²) in [6.45, 7) is 5.42. The molecule has 2 rings (SSSR count). The maximum atomic E-state index is 11.4. The Morgan fingerprint density at radius 1 is 1.27 bits per heavy atom. The van der Waals surface area contributed by atoms with Crippen molar-refractivity contribution < 1.29 is 8.95 Å². The van der Waals surface area contributed by atoms with Crippen LogP contribution in [0, 0.1) is 0 Å². The highest BCUT2D eigenvalue weighted by atomic mass is 32.2. The molecule has 2 unspecified atom stereocenters. The van der Waals surface area contributed by atoms with E-state index in [9.17, 15) is 4.21 Å². The molecule has 0 spiro atoms. The third-order valence-electron chi connectivity index (χ3n) is 3.42. The number of ether oxygens (including phenoxy) is 1. The molecule has 4 nitrogen and oxygen atoms in total. The highest BCUT2D eigenvalue weighted by Gasteiger charge is 2.06. The van der Waals surface area contributed by atoms with E-state index in [1.807, 2.05) is 43.3 Å². The van der Waals surface area contributed by atoms with Gasteiger partial charge in [-0.1, -0.05) is 12.1 Å². The summed E-state index contributed by atoms with van der Waals surface area (Å²) in [6.07, 6.45) is 3.45. The summed E-state index contributed by atoms with van der Waals surface area (Å²) >= 11 is 0. The van der Waals surface area contributed by atoms with Crippen LogP contribution < -0.4 is 10.1 Å². The SMILES string of the molecule is CCOc1cc(CNC(C)c2ccc(S(C)=O)cc2)ccn1. The number of nitrogens with one attached hydrogen (secondary N) is 1. The van der Waals surface area contributed by atoms with Gasteiger partial charge in [0.15, 0.2) is 0 Å². The standard InChI is InChI=1S/C17H22N2O2S/c1-4-21-17-11-14(9-10-18-17)12-19-13(2)15-5-7-16(8-6-15)22(3)20/h5-11,13,19H,4,12H2,1-3H3. The van der Waals surface area contributed by atoms with Gasteiger partial charge in [0.1, 0.15) is 0 Å². The van der Waals surface area contributed by atoms with Crippen LogP contribution in [0.15, 0.2) is 47.5 Å². The van der Waals surface area contributed by atoms with Crippen molar-refractivity contribution in [1.82, 2.24) is 10.3 Å². The van der Waals surface area contributed by atoms with E-state index in [1.54, 1.807) is 12.5 Å². The topological polar surface area (TPSA) is 51.2 Å². The van der Waals surface area contributed by atoms with Crippen LogP contribution in [0.4, 0.5) is 0 Å². The molecule has 0 saturated heterocycles. The molecule has 0 bridgehead atoms. The molecule has 1 aromatic carbocycles. The predicted molar refractivity (Wildman–Crippen MR) is 89.4 cm³/mol. The molecule has 0 aliphatic rings. The summed E-state index contributed by atoms with van der Waals surface area (Å²) in [5.74, 6) is 0.657. The molecule has 1 heterocycles. The molecule has 0 saturated carbocycles. The van der Waals surface area contributed by atoms with E-state index >= 15 is 0 Å². The fourth-order valence-corrected chi connectivity index (χ4v) is 2.64. The van der Waals surface area contributed by atoms with Crippen molar-refractivity contribution in [3.8, 4) is 5.88 Å². The number of rotatable bonds is 7. The van der Waals surface area contributed by atoms with Gasteiger partial charge in [-0.05, 0) is 43.2 Å². The lowest BCUT2D eigenvalue weighted by Gasteiger charge is -2.15. The number of hydrogen-bond acceptors (Lipinski definition) is 4. The van der Waals surface area contributed by atoms with Gasteiger partial charge in [-0.2, -0.15) is 0 Å². The van der Waals surface area contributed by atoms with Gasteiger partial charge in [-0.3, -0.25) is 4.21 Å². The molecule has 0 aliphatic heterocycles. The second-order valence-corrected chi connectivity index (χ2v) is 6.44. The maximum absolute atomic E-state index is 11.4. The van der Waals surface area contributed by atoms with Crippen LogP contribution in [0.3, 0.4) is 0 Å². The van der Waals surface area contributed by atoms with Crippen molar-refractivity contribution in [2.24, 2.45) is 0 Å². The first-order valence-electron chi connectivity index (χ1n) is 7.34. The van der Waals surface area contributed by atoms with Crippen LogP contribution >= 0.6 is 0 Å². The van der Waals surface area contributed by atoms with E-state index < -0.39 is 10.8 Å². The maximum Gasteiger partial charge on any atom is 0.213 e. The Hall–Kier alpha value is -1.72. The minimum absolute atomic E-state index is 0.211. The van der Waals surface area contributed by atoms with Crippen molar-refractivity contribution in [1.29, 1.82) is 0 Å². The number of nitrogens with zero attached hydrogens (tertiary/aromatic N) is 1. The van der Waals surface area contributed by atoms with Gasteiger partial charge < -0.3 is 10.1 Å². The molecule has 2 aromatic rings.